The van der Waals surface area contributed by atoms with E-state index in [1.54, 1.807) is 25.1 Å². The Morgan fingerprint density at radius 1 is 1.50 bits per heavy atom. The van der Waals surface area contributed by atoms with E-state index >= 15 is 0 Å². The number of aliphatic hydroxyl groups is 2. The number of carbonyl (C=O) groups is 1. The smallest absolute Gasteiger partial charge is 0.335 e. The zero-order chi connectivity index (χ0) is 12.1. The SMILES string of the molecule is Cc1ccc(SCC(O)CO)cc1C(=O)O. The fraction of sp³-hybridized carbons (Fsp3) is 0.364. The number of aliphatic hydroxyl groups excluding tert-OH is 2. The van der Waals surface area contributed by atoms with Gasteiger partial charge in [-0.15, -0.1) is 11.8 Å². The number of rotatable bonds is 5. The molecule has 0 amide bonds. The van der Waals surface area contributed by atoms with E-state index in [0.717, 1.165) is 4.90 Å². The molecule has 1 unspecified atom stereocenters. The topological polar surface area (TPSA) is 77.8 Å². The molecular weight excluding hydrogens is 228 g/mol. The lowest BCUT2D eigenvalue weighted by Gasteiger charge is -2.08. The molecule has 1 aromatic carbocycles. The first-order valence-electron chi connectivity index (χ1n) is 4.80. The molecule has 0 aliphatic carbocycles. The molecule has 4 nitrogen and oxygen atoms in total. The number of carboxylic acid groups (broad SMARTS) is 1. The van der Waals surface area contributed by atoms with Gasteiger partial charge < -0.3 is 15.3 Å². The quantitative estimate of drug-likeness (QED) is 0.675. The lowest BCUT2D eigenvalue weighted by atomic mass is 10.1. The van der Waals surface area contributed by atoms with Crippen molar-refractivity contribution in [3.63, 3.8) is 0 Å². The summed E-state index contributed by atoms with van der Waals surface area (Å²) in [6, 6.07) is 5.11. The van der Waals surface area contributed by atoms with Crippen molar-refractivity contribution in [3.8, 4) is 0 Å². The maximum absolute atomic E-state index is 10.9. The molecule has 0 heterocycles. The standard InChI is InChI=1S/C11H14O4S/c1-7-2-3-9(4-10(7)11(14)15)16-6-8(13)5-12/h2-4,8,12-13H,5-6H2,1H3,(H,14,15). The van der Waals surface area contributed by atoms with Crippen LogP contribution in [-0.2, 0) is 0 Å². The monoisotopic (exact) mass is 242 g/mol. The van der Waals surface area contributed by atoms with Gasteiger partial charge in [0.05, 0.1) is 18.3 Å². The summed E-state index contributed by atoms with van der Waals surface area (Å²) in [5.74, 6) is -0.610. The lowest BCUT2D eigenvalue weighted by Crippen LogP contribution is -2.14. The van der Waals surface area contributed by atoms with E-state index in [1.807, 2.05) is 0 Å². The van der Waals surface area contributed by atoms with Crippen LogP contribution < -0.4 is 0 Å². The summed E-state index contributed by atoms with van der Waals surface area (Å²) in [5, 5.41) is 26.7. The summed E-state index contributed by atoms with van der Waals surface area (Å²) >= 11 is 1.32. The first-order valence-corrected chi connectivity index (χ1v) is 5.79. The highest BCUT2D eigenvalue weighted by Crippen LogP contribution is 2.22. The summed E-state index contributed by atoms with van der Waals surface area (Å²) in [6.07, 6.45) is -0.778. The van der Waals surface area contributed by atoms with Crippen molar-refractivity contribution in [2.45, 2.75) is 17.9 Å². The normalized spacial score (nSPS) is 12.4. The third kappa shape index (κ3) is 3.52. The Kier molecular flexibility index (Phi) is 4.79. The van der Waals surface area contributed by atoms with Gasteiger partial charge in [0.2, 0.25) is 0 Å². The zero-order valence-corrected chi connectivity index (χ0v) is 9.70. The van der Waals surface area contributed by atoms with E-state index in [-0.39, 0.29) is 12.2 Å². The van der Waals surface area contributed by atoms with Gasteiger partial charge in [-0.25, -0.2) is 4.79 Å². The van der Waals surface area contributed by atoms with Crippen LogP contribution in [0.5, 0.6) is 0 Å². The van der Waals surface area contributed by atoms with Gasteiger partial charge >= 0.3 is 5.97 Å². The third-order valence-corrected chi connectivity index (χ3v) is 3.23. The van der Waals surface area contributed by atoms with Crippen molar-refractivity contribution in [2.75, 3.05) is 12.4 Å². The van der Waals surface area contributed by atoms with Crippen LogP contribution in [0.2, 0.25) is 0 Å². The average molecular weight is 242 g/mol. The summed E-state index contributed by atoms with van der Waals surface area (Å²) in [5.41, 5.74) is 0.975. The minimum absolute atomic E-state index is 0.267. The molecule has 0 aliphatic heterocycles. The fourth-order valence-corrected chi connectivity index (χ4v) is 2.02. The van der Waals surface area contributed by atoms with Gasteiger partial charge in [0.1, 0.15) is 0 Å². The lowest BCUT2D eigenvalue weighted by molar-refractivity contribution is 0.0696. The van der Waals surface area contributed by atoms with Crippen molar-refractivity contribution in [2.24, 2.45) is 0 Å². The largest absolute Gasteiger partial charge is 0.478 e. The van der Waals surface area contributed by atoms with Gasteiger partial charge in [0.25, 0.3) is 0 Å². The number of aryl methyl sites for hydroxylation is 1. The van der Waals surface area contributed by atoms with E-state index < -0.39 is 12.1 Å². The van der Waals surface area contributed by atoms with E-state index in [4.69, 9.17) is 15.3 Å². The maximum Gasteiger partial charge on any atom is 0.335 e. The summed E-state index contributed by atoms with van der Waals surface area (Å²) in [6.45, 7) is 1.45. The van der Waals surface area contributed by atoms with Gasteiger partial charge in [-0.05, 0) is 24.6 Å². The van der Waals surface area contributed by atoms with Crippen molar-refractivity contribution in [1.29, 1.82) is 0 Å². The molecule has 1 atom stereocenters. The van der Waals surface area contributed by atoms with E-state index in [0.29, 0.717) is 11.3 Å². The Hall–Kier alpha value is -1.04. The second kappa shape index (κ2) is 5.89. The first kappa shape index (κ1) is 13.0. The Balaban J connectivity index is 2.75. The molecule has 1 rings (SSSR count). The predicted octanol–water partition coefficient (Wildman–Crippen LogP) is 1.14. The van der Waals surface area contributed by atoms with Crippen LogP contribution in [0, 0.1) is 6.92 Å². The molecule has 0 saturated carbocycles. The Morgan fingerprint density at radius 3 is 2.75 bits per heavy atom. The minimum Gasteiger partial charge on any atom is -0.478 e. The van der Waals surface area contributed by atoms with Gasteiger partial charge in [0.15, 0.2) is 0 Å². The van der Waals surface area contributed by atoms with Gasteiger partial charge in [-0.1, -0.05) is 6.07 Å². The van der Waals surface area contributed by atoms with E-state index in [1.165, 1.54) is 11.8 Å². The molecule has 1 aromatic rings. The number of aromatic carboxylic acids is 1. The van der Waals surface area contributed by atoms with Crippen LogP contribution in [0.3, 0.4) is 0 Å². The fourth-order valence-electron chi connectivity index (χ4n) is 1.17. The molecule has 0 bridgehead atoms. The molecule has 88 valence electrons. The molecule has 0 fully saturated rings. The minimum atomic E-state index is -0.956. The summed E-state index contributed by atoms with van der Waals surface area (Å²) < 4.78 is 0. The highest BCUT2D eigenvalue weighted by molar-refractivity contribution is 7.99. The van der Waals surface area contributed by atoms with Crippen molar-refractivity contribution >= 4 is 17.7 Å². The van der Waals surface area contributed by atoms with Crippen molar-refractivity contribution < 1.29 is 20.1 Å². The van der Waals surface area contributed by atoms with Gasteiger partial charge in [-0.2, -0.15) is 0 Å². The number of hydrogen-bond acceptors (Lipinski definition) is 4. The highest BCUT2D eigenvalue weighted by Gasteiger charge is 2.09. The Bertz CT molecular complexity index is 378. The first-order chi connectivity index (χ1) is 7.54. The molecule has 0 saturated heterocycles. The molecule has 3 N–H and O–H groups in total. The number of benzene rings is 1. The molecule has 0 aliphatic rings. The molecular formula is C11H14O4S. The number of hydrogen-bond donors (Lipinski definition) is 3. The van der Waals surface area contributed by atoms with Gasteiger partial charge in [0, 0.05) is 10.6 Å². The van der Waals surface area contributed by atoms with E-state index in [2.05, 4.69) is 0 Å². The molecule has 0 radical (unpaired) electrons. The number of thioether (sulfide) groups is 1. The van der Waals surface area contributed by atoms with E-state index in [9.17, 15) is 4.79 Å². The van der Waals surface area contributed by atoms with Crippen LogP contribution >= 0.6 is 11.8 Å². The highest BCUT2D eigenvalue weighted by atomic mass is 32.2. The molecule has 0 spiro atoms. The predicted molar refractivity (Wildman–Crippen MR) is 62.0 cm³/mol. The van der Waals surface area contributed by atoms with Crippen molar-refractivity contribution in [3.05, 3.63) is 29.3 Å². The van der Waals surface area contributed by atoms with Crippen LogP contribution in [-0.4, -0.2) is 39.8 Å². The molecule has 16 heavy (non-hydrogen) atoms. The Labute approximate surface area is 97.9 Å². The summed E-state index contributed by atoms with van der Waals surface area (Å²) in [4.78, 5) is 11.6. The van der Waals surface area contributed by atoms with Crippen LogP contribution in [0.15, 0.2) is 23.1 Å². The Morgan fingerprint density at radius 2 is 2.19 bits per heavy atom. The zero-order valence-electron chi connectivity index (χ0n) is 8.88. The second-order valence-electron chi connectivity index (χ2n) is 3.43. The molecule has 0 aromatic heterocycles. The van der Waals surface area contributed by atoms with Gasteiger partial charge in [-0.3, -0.25) is 0 Å². The average Bonchev–Trinajstić information content (AvgIpc) is 2.27. The maximum atomic E-state index is 10.9. The van der Waals surface area contributed by atoms with Crippen LogP contribution in [0.1, 0.15) is 15.9 Å². The van der Waals surface area contributed by atoms with Crippen LogP contribution in [0.25, 0.3) is 0 Å². The van der Waals surface area contributed by atoms with Crippen LogP contribution in [0.4, 0.5) is 0 Å². The second-order valence-corrected chi connectivity index (χ2v) is 4.52. The third-order valence-electron chi connectivity index (χ3n) is 2.09. The summed E-state index contributed by atoms with van der Waals surface area (Å²) in [7, 11) is 0. The molecule has 5 heteroatoms. The van der Waals surface area contributed by atoms with Crippen molar-refractivity contribution in [1.82, 2.24) is 0 Å². The number of carboxylic acids is 1.